The minimum atomic E-state index is -0.113. The van der Waals surface area contributed by atoms with E-state index >= 15 is 0 Å². The molecule has 1 rings (SSSR count). The molecular weight excluding hydrogens is 681 g/mol. The van der Waals surface area contributed by atoms with Crippen molar-refractivity contribution in [1.29, 1.82) is 0 Å². The molecule has 1 fully saturated rings. The molecule has 0 spiro atoms. The summed E-state index contributed by atoms with van der Waals surface area (Å²) in [5, 5.41) is 9.17. The number of nitrogens with zero attached hydrogens (tertiary/aromatic N) is 2. The Morgan fingerprint density at radius 3 is 1.43 bits per heavy atom. The second-order valence-electron chi connectivity index (χ2n) is 15.2. The Hall–Kier alpha value is -2.23. The van der Waals surface area contributed by atoms with Crippen molar-refractivity contribution in [3.63, 3.8) is 0 Å². The largest absolute Gasteiger partial charge is 0.462 e. The zero-order valence-corrected chi connectivity index (χ0v) is 34.9. The number of rotatable bonds is 37. The van der Waals surface area contributed by atoms with Crippen molar-refractivity contribution in [1.82, 2.24) is 9.80 Å². The van der Waals surface area contributed by atoms with E-state index in [1.165, 1.54) is 51.4 Å². The molecule has 0 bridgehead atoms. The average molecular weight is 763 g/mol. The van der Waals surface area contributed by atoms with Gasteiger partial charge in [0, 0.05) is 52.0 Å². The number of carbonyl (C=O) groups is 3. The molecule has 0 unspecified atom stereocenters. The summed E-state index contributed by atoms with van der Waals surface area (Å²) in [6.07, 6.45) is 34.2. The highest BCUT2D eigenvalue weighted by molar-refractivity contribution is 5.70. The number of ether oxygens (including phenoxy) is 3. The quantitative estimate of drug-likeness (QED) is 0.0287. The van der Waals surface area contributed by atoms with E-state index in [1.54, 1.807) is 0 Å². The summed E-state index contributed by atoms with van der Waals surface area (Å²) in [6, 6.07) is 0. The minimum Gasteiger partial charge on any atom is -0.462 e. The van der Waals surface area contributed by atoms with Gasteiger partial charge in [0.05, 0.1) is 6.61 Å². The lowest BCUT2D eigenvalue weighted by atomic mass is 10.0. The lowest BCUT2D eigenvalue weighted by molar-refractivity contribution is -0.150. The maximum atomic E-state index is 12.9. The summed E-state index contributed by atoms with van der Waals surface area (Å²) < 4.78 is 16.7. The van der Waals surface area contributed by atoms with Crippen molar-refractivity contribution in [2.75, 3.05) is 59.1 Å². The van der Waals surface area contributed by atoms with Crippen LogP contribution in [-0.4, -0.2) is 98.0 Å². The number of aliphatic hydroxyl groups excluding tert-OH is 1. The van der Waals surface area contributed by atoms with Gasteiger partial charge in [-0.1, -0.05) is 115 Å². The third kappa shape index (κ3) is 32.1. The number of hydrogen-bond donors (Lipinski definition) is 1. The molecule has 0 aromatic rings. The molecule has 1 N–H and O–H groups in total. The molecule has 0 aliphatic carbocycles. The van der Waals surface area contributed by atoms with Gasteiger partial charge in [0.1, 0.15) is 19.3 Å². The summed E-state index contributed by atoms with van der Waals surface area (Å²) in [7, 11) is 0. The number of allylic oxidation sites excluding steroid dienone is 2. The highest BCUT2D eigenvalue weighted by Crippen LogP contribution is 2.18. The van der Waals surface area contributed by atoms with Crippen molar-refractivity contribution < 1.29 is 33.7 Å². The predicted octanol–water partition coefficient (Wildman–Crippen LogP) is 9.89. The average Bonchev–Trinajstić information content (AvgIpc) is 3.16. The van der Waals surface area contributed by atoms with E-state index < -0.39 is 0 Å². The van der Waals surface area contributed by atoms with Gasteiger partial charge >= 0.3 is 17.9 Å². The molecule has 1 heterocycles. The Morgan fingerprint density at radius 2 is 0.944 bits per heavy atom. The number of esters is 3. The van der Waals surface area contributed by atoms with Crippen molar-refractivity contribution in [3.05, 3.63) is 24.3 Å². The predicted molar refractivity (Wildman–Crippen MR) is 221 cm³/mol. The first-order chi connectivity index (χ1) is 26.5. The molecule has 1 aliphatic heterocycles. The third-order valence-electron chi connectivity index (χ3n) is 10.3. The highest BCUT2D eigenvalue weighted by atomic mass is 16.5. The van der Waals surface area contributed by atoms with E-state index in [2.05, 4.69) is 35.8 Å². The van der Waals surface area contributed by atoms with Gasteiger partial charge in [-0.05, 0) is 77.2 Å². The van der Waals surface area contributed by atoms with Crippen LogP contribution in [0.15, 0.2) is 24.3 Å². The second-order valence-corrected chi connectivity index (χ2v) is 15.2. The Morgan fingerprint density at radius 1 is 0.519 bits per heavy atom. The maximum Gasteiger partial charge on any atom is 0.306 e. The molecule has 0 radical (unpaired) electrons. The molecule has 0 aromatic carbocycles. The van der Waals surface area contributed by atoms with E-state index in [0.717, 1.165) is 136 Å². The van der Waals surface area contributed by atoms with Gasteiger partial charge in [0.2, 0.25) is 0 Å². The number of β-amino-alcohol motifs (C(OH)–C–C–N with tert-alkyl or cyclic N) is 1. The number of hydrogen-bond acceptors (Lipinski definition) is 9. The fourth-order valence-electron chi connectivity index (χ4n) is 6.85. The van der Waals surface area contributed by atoms with Crippen LogP contribution < -0.4 is 0 Å². The van der Waals surface area contributed by atoms with Crippen molar-refractivity contribution in [2.24, 2.45) is 0 Å². The van der Waals surface area contributed by atoms with Gasteiger partial charge in [-0.2, -0.15) is 0 Å². The summed E-state index contributed by atoms with van der Waals surface area (Å²) in [6.45, 7) is 10.9. The Kier molecular flexibility index (Phi) is 34.7. The molecular formula is C45H82N2O7. The summed E-state index contributed by atoms with van der Waals surface area (Å²) in [5.41, 5.74) is 0. The van der Waals surface area contributed by atoms with Gasteiger partial charge in [-0.3, -0.25) is 19.3 Å². The van der Waals surface area contributed by atoms with Crippen LogP contribution in [-0.2, 0) is 28.6 Å². The molecule has 9 nitrogen and oxygen atoms in total. The fraction of sp³-hybridized carbons (Fsp3) is 0.844. The zero-order chi connectivity index (χ0) is 39.2. The van der Waals surface area contributed by atoms with E-state index in [4.69, 9.17) is 14.2 Å². The minimum absolute atomic E-state index is 0.0520. The molecule has 0 saturated carbocycles. The van der Waals surface area contributed by atoms with E-state index in [9.17, 15) is 19.5 Å². The molecule has 0 atom stereocenters. The van der Waals surface area contributed by atoms with Crippen LogP contribution in [0.5, 0.6) is 0 Å². The topological polar surface area (TPSA) is 106 Å². The van der Waals surface area contributed by atoms with Gasteiger partial charge in [0.25, 0.3) is 0 Å². The molecule has 314 valence electrons. The number of aliphatic hydroxyl groups is 1. The van der Waals surface area contributed by atoms with E-state index in [0.29, 0.717) is 32.5 Å². The summed E-state index contributed by atoms with van der Waals surface area (Å²) in [5.74, 6) is -0.316. The van der Waals surface area contributed by atoms with Crippen molar-refractivity contribution in [3.8, 4) is 0 Å². The number of unbranched alkanes of at least 4 members (excludes halogenated alkanes) is 16. The normalized spacial score (nSPS) is 14.1. The van der Waals surface area contributed by atoms with Crippen LogP contribution in [0.4, 0.5) is 0 Å². The number of carbonyl (C=O) groups excluding carboxylic acids is 3. The van der Waals surface area contributed by atoms with E-state index in [-0.39, 0.29) is 30.6 Å². The third-order valence-corrected chi connectivity index (χ3v) is 10.3. The molecule has 0 amide bonds. The number of piperazine rings is 1. The van der Waals surface area contributed by atoms with Crippen LogP contribution in [0.1, 0.15) is 181 Å². The molecule has 0 aromatic heterocycles. The first kappa shape index (κ1) is 49.8. The first-order valence-corrected chi connectivity index (χ1v) is 22.3. The van der Waals surface area contributed by atoms with Crippen molar-refractivity contribution in [2.45, 2.75) is 187 Å². The molecule has 1 saturated heterocycles. The Balaban J connectivity index is 2.28. The maximum absolute atomic E-state index is 12.9. The smallest absolute Gasteiger partial charge is 0.306 e. The lowest BCUT2D eigenvalue weighted by Crippen LogP contribution is -2.47. The van der Waals surface area contributed by atoms with Gasteiger partial charge in [0.15, 0.2) is 0 Å². The lowest BCUT2D eigenvalue weighted by Gasteiger charge is -2.34. The monoisotopic (exact) mass is 763 g/mol. The SMILES string of the molecule is CCCCCC/C=C\COC(=O)CCCCCCCC(CCCCCCCC(=O)OC/C=C\CCCCCC)OC(=O)CCCN1CCN(CCO)CC1. The van der Waals surface area contributed by atoms with Gasteiger partial charge < -0.3 is 24.2 Å². The molecule has 1 aliphatic rings. The summed E-state index contributed by atoms with van der Waals surface area (Å²) in [4.78, 5) is 41.7. The first-order valence-electron chi connectivity index (χ1n) is 22.3. The molecule has 9 heteroatoms. The van der Waals surface area contributed by atoms with Gasteiger partial charge in [-0.15, -0.1) is 0 Å². The van der Waals surface area contributed by atoms with Crippen LogP contribution >= 0.6 is 0 Å². The summed E-state index contributed by atoms with van der Waals surface area (Å²) >= 11 is 0. The van der Waals surface area contributed by atoms with Crippen LogP contribution in [0.3, 0.4) is 0 Å². The van der Waals surface area contributed by atoms with Crippen LogP contribution in [0.2, 0.25) is 0 Å². The van der Waals surface area contributed by atoms with E-state index in [1.807, 2.05) is 12.2 Å². The standard InChI is InChI=1S/C45H82N2O7/c1-3-5-7-9-11-19-25-40-52-43(49)30-23-17-13-15-21-28-42(54-45(51)32-27-33-46-34-36-47(37-35-46)38-39-48)29-22-16-14-18-24-31-44(50)53-41-26-20-12-10-8-6-4-2/h19-20,25-26,42,48H,3-18,21-24,27-41H2,1-2H3/b25-19-,26-20-. The molecule has 54 heavy (non-hydrogen) atoms. The Labute approximate surface area is 331 Å². The Bertz CT molecular complexity index is 896. The van der Waals surface area contributed by atoms with Crippen LogP contribution in [0.25, 0.3) is 0 Å². The zero-order valence-electron chi connectivity index (χ0n) is 34.9. The highest BCUT2D eigenvalue weighted by Gasteiger charge is 2.18. The van der Waals surface area contributed by atoms with Gasteiger partial charge in [-0.25, -0.2) is 0 Å². The van der Waals surface area contributed by atoms with Crippen LogP contribution in [0, 0.1) is 0 Å². The van der Waals surface area contributed by atoms with Crippen molar-refractivity contribution >= 4 is 17.9 Å². The fourth-order valence-corrected chi connectivity index (χ4v) is 6.85. The second kappa shape index (κ2) is 37.7.